The molecule has 0 aromatic heterocycles. The van der Waals surface area contributed by atoms with Gasteiger partial charge in [-0.1, -0.05) is 71.7 Å². The van der Waals surface area contributed by atoms with Crippen LogP contribution < -0.4 is 10.2 Å². The first-order valence-corrected chi connectivity index (χ1v) is 11.4. The van der Waals surface area contributed by atoms with Crippen molar-refractivity contribution in [3.05, 3.63) is 100 Å². The van der Waals surface area contributed by atoms with Gasteiger partial charge < -0.3 is 4.74 Å². The van der Waals surface area contributed by atoms with Crippen molar-refractivity contribution in [2.24, 2.45) is 11.8 Å². The van der Waals surface area contributed by atoms with E-state index in [4.69, 9.17) is 27.9 Å². The zero-order valence-electron chi connectivity index (χ0n) is 18.1. The van der Waals surface area contributed by atoms with Gasteiger partial charge in [0, 0.05) is 16.1 Å². The van der Waals surface area contributed by atoms with Crippen molar-refractivity contribution in [1.29, 1.82) is 0 Å². The van der Waals surface area contributed by atoms with Gasteiger partial charge in [0.2, 0.25) is 11.8 Å². The minimum Gasteiger partial charge on any atom is -0.467 e. The van der Waals surface area contributed by atoms with Crippen molar-refractivity contribution < 1.29 is 19.1 Å². The van der Waals surface area contributed by atoms with Gasteiger partial charge in [-0.25, -0.2) is 9.69 Å². The number of fused-ring (bicyclic) bond motifs is 1. The van der Waals surface area contributed by atoms with Crippen molar-refractivity contribution in [1.82, 2.24) is 5.32 Å². The summed E-state index contributed by atoms with van der Waals surface area (Å²) in [5.74, 6) is -3.50. The maximum atomic E-state index is 13.9. The molecule has 2 heterocycles. The number of amides is 2. The molecule has 34 heavy (non-hydrogen) atoms. The van der Waals surface area contributed by atoms with Crippen LogP contribution in [0, 0.1) is 11.8 Å². The molecule has 0 bridgehead atoms. The van der Waals surface area contributed by atoms with Crippen LogP contribution in [0.15, 0.2) is 78.9 Å². The van der Waals surface area contributed by atoms with E-state index in [0.717, 1.165) is 4.90 Å². The quantitative estimate of drug-likeness (QED) is 0.426. The van der Waals surface area contributed by atoms with E-state index in [0.29, 0.717) is 26.9 Å². The molecule has 2 fully saturated rings. The fraction of sp³-hybridized carbons (Fsp3) is 0.192. The van der Waals surface area contributed by atoms with Crippen LogP contribution in [0.4, 0.5) is 5.69 Å². The van der Waals surface area contributed by atoms with Crippen LogP contribution in [0.1, 0.15) is 17.2 Å². The molecule has 3 aromatic carbocycles. The molecule has 5 rings (SSSR count). The van der Waals surface area contributed by atoms with Crippen LogP contribution in [0.25, 0.3) is 0 Å². The van der Waals surface area contributed by atoms with Gasteiger partial charge in [-0.05, 0) is 41.5 Å². The Morgan fingerprint density at radius 3 is 2.21 bits per heavy atom. The maximum Gasteiger partial charge on any atom is 0.331 e. The summed E-state index contributed by atoms with van der Waals surface area (Å²) in [4.78, 5) is 42.4. The number of imide groups is 1. The van der Waals surface area contributed by atoms with E-state index in [1.54, 1.807) is 72.8 Å². The smallest absolute Gasteiger partial charge is 0.331 e. The number of hydrogen-bond donors (Lipinski definition) is 1. The van der Waals surface area contributed by atoms with Crippen LogP contribution in [0.5, 0.6) is 0 Å². The first-order valence-electron chi connectivity index (χ1n) is 10.7. The Hall–Kier alpha value is -3.19. The highest BCUT2D eigenvalue weighted by atomic mass is 35.5. The van der Waals surface area contributed by atoms with E-state index in [1.165, 1.54) is 7.11 Å². The predicted molar refractivity (Wildman–Crippen MR) is 128 cm³/mol. The number of ether oxygens (including phenoxy) is 1. The molecule has 8 heteroatoms. The number of carbonyl (C=O) groups is 3. The van der Waals surface area contributed by atoms with Gasteiger partial charge in [0.15, 0.2) is 5.54 Å². The summed E-state index contributed by atoms with van der Waals surface area (Å²) in [5.41, 5.74) is -0.0395. The number of nitrogens with one attached hydrogen (secondary N) is 1. The average Bonchev–Trinajstić information content (AvgIpc) is 3.34. The van der Waals surface area contributed by atoms with Crippen LogP contribution in [-0.2, 0) is 24.7 Å². The fourth-order valence-corrected chi connectivity index (χ4v) is 5.56. The van der Waals surface area contributed by atoms with E-state index < -0.39 is 41.2 Å². The Morgan fingerprint density at radius 2 is 1.56 bits per heavy atom. The number of carbonyl (C=O) groups excluding carboxylic acids is 3. The van der Waals surface area contributed by atoms with Crippen molar-refractivity contribution in [3.8, 4) is 0 Å². The Kier molecular flexibility index (Phi) is 5.68. The van der Waals surface area contributed by atoms with Crippen LogP contribution in [0.3, 0.4) is 0 Å². The minimum absolute atomic E-state index is 0.388. The lowest BCUT2D eigenvalue weighted by atomic mass is 9.75. The number of benzene rings is 3. The van der Waals surface area contributed by atoms with Crippen LogP contribution >= 0.6 is 23.2 Å². The monoisotopic (exact) mass is 494 g/mol. The molecule has 172 valence electrons. The lowest BCUT2D eigenvalue weighted by molar-refractivity contribution is -0.152. The second-order valence-electron chi connectivity index (χ2n) is 8.30. The van der Waals surface area contributed by atoms with Gasteiger partial charge in [-0.3, -0.25) is 14.9 Å². The largest absolute Gasteiger partial charge is 0.467 e. The van der Waals surface area contributed by atoms with Crippen molar-refractivity contribution in [2.45, 2.75) is 11.6 Å². The first-order chi connectivity index (χ1) is 16.4. The Balaban J connectivity index is 1.74. The lowest BCUT2D eigenvalue weighted by Gasteiger charge is -2.33. The number of nitrogens with zero attached hydrogens (tertiary/aromatic N) is 1. The van der Waals surface area contributed by atoms with E-state index in [1.807, 2.05) is 6.07 Å². The second-order valence-corrected chi connectivity index (χ2v) is 9.14. The van der Waals surface area contributed by atoms with Gasteiger partial charge in [0.1, 0.15) is 0 Å². The Bertz CT molecular complexity index is 1280. The fourth-order valence-electron chi connectivity index (χ4n) is 5.18. The standard InChI is InChI=1S/C26H20Cl2N2O4/c1-34-25(33)26(15-7-3-2-4-8-15)21-20(22(29-26)18-9-5-6-10-19(18)28)23(31)30(24(21)32)17-13-11-16(27)12-14-17/h2-14,20-22,29H,1H3/t20-,21-,22-,26+/m1/s1. The second kappa shape index (κ2) is 8.55. The van der Waals surface area contributed by atoms with E-state index in [2.05, 4.69) is 5.32 Å². The van der Waals surface area contributed by atoms with Crippen LogP contribution in [0.2, 0.25) is 10.0 Å². The average molecular weight is 495 g/mol. The zero-order chi connectivity index (χ0) is 24.0. The molecule has 3 aromatic rings. The normalized spacial score (nSPS) is 26.0. The summed E-state index contributed by atoms with van der Waals surface area (Å²) in [5, 5.41) is 4.23. The summed E-state index contributed by atoms with van der Waals surface area (Å²) in [6.45, 7) is 0. The number of anilines is 1. The number of esters is 1. The molecule has 0 radical (unpaired) electrons. The minimum atomic E-state index is -1.58. The Morgan fingerprint density at radius 1 is 0.912 bits per heavy atom. The number of methoxy groups -OCH3 is 1. The Labute approximate surface area is 206 Å². The molecule has 4 atom stereocenters. The highest BCUT2D eigenvalue weighted by molar-refractivity contribution is 6.32. The summed E-state index contributed by atoms with van der Waals surface area (Å²) < 4.78 is 5.22. The highest BCUT2D eigenvalue weighted by Crippen LogP contribution is 2.54. The third kappa shape index (κ3) is 3.25. The van der Waals surface area contributed by atoms with E-state index >= 15 is 0 Å². The first kappa shape index (κ1) is 22.6. The van der Waals surface area contributed by atoms with E-state index in [-0.39, 0.29) is 0 Å². The molecule has 0 saturated carbocycles. The zero-order valence-corrected chi connectivity index (χ0v) is 19.6. The van der Waals surface area contributed by atoms with Gasteiger partial charge >= 0.3 is 5.97 Å². The SMILES string of the molecule is COC(=O)[C@@]1(c2ccccc2)N[C@H](c2ccccc2Cl)[C@@H]2C(=O)N(c3ccc(Cl)cc3)C(=O)[C@@H]21. The maximum absolute atomic E-state index is 13.9. The number of halogens is 2. The predicted octanol–water partition coefficient (Wildman–Crippen LogP) is 4.51. The molecular weight excluding hydrogens is 475 g/mol. The lowest BCUT2D eigenvalue weighted by Crippen LogP contribution is -2.53. The molecule has 2 aliphatic heterocycles. The molecule has 6 nitrogen and oxygen atoms in total. The topological polar surface area (TPSA) is 75.7 Å². The molecule has 0 aliphatic carbocycles. The number of rotatable bonds is 4. The summed E-state index contributed by atoms with van der Waals surface area (Å²) in [6.07, 6.45) is 0. The van der Waals surface area contributed by atoms with Crippen LogP contribution in [-0.4, -0.2) is 24.9 Å². The highest BCUT2D eigenvalue weighted by Gasteiger charge is 2.69. The third-order valence-electron chi connectivity index (χ3n) is 6.62. The molecule has 0 spiro atoms. The molecule has 2 amide bonds. The third-order valence-corrected chi connectivity index (χ3v) is 7.22. The molecule has 2 aliphatic rings. The van der Waals surface area contributed by atoms with Gasteiger partial charge in [-0.15, -0.1) is 0 Å². The van der Waals surface area contributed by atoms with E-state index in [9.17, 15) is 14.4 Å². The van der Waals surface area contributed by atoms with Gasteiger partial charge in [-0.2, -0.15) is 0 Å². The summed E-state index contributed by atoms with van der Waals surface area (Å²) >= 11 is 12.5. The van der Waals surface area contributed by atoms with Gasteiger partial charge in [0.25, 0.3) is 0 Å². The van der Waals surface area contributed by atoms with Crippen molar-refractivity contribution in [2.75, 3.05) is 12.0 Å². The summed E-state index contributed by atoms with van der Waals surface area (Å²) in [6, 6.07) is 21.7. The summed E-state index contributed by atoms with van der Waals surface area (Å²) in [7, 11) is 1.27. The molecular formula is C26H20Cl2N2O4. The van der Waals surface area contributed by atoms with Crippen molar-refractivity contribution in [3.63, 3.8) is 0 Å². The number of hydrogen-bond acceptors (Lipinski definition) is 5. The van der Waals surface area contributed by atoms with Crippen molar-refractivity contribution >= 4 is 46.7 Å². The van der Waals surface area contributed by atoms with Gasteiger partial charge in [0.05, 0.1) is 24.6 Å². The molecule has 2 saturated heterocycles. The molecule has 0 unspecified atom stereocenters. The molecule has 1 N–H and O–H groups in total.